The van der Waals surface area contributed by atoms with E-state index in [1.165, 1.54) is 0 Å². The van der Waals surface area contributed by atoms with Crippen LogP contribution in [0.5, 0.6) is 0 Å². The monoisotopic (exact) mass is 275 g/mol. The number of piperidine rings is 1. The molecule has 2 aliphatic rings. The Morgan fingerprint density at radius 2 is 1.94 bits per heavy atom. The molecule has 1 aliphatic carbocycles. The molecule has 3 N–H and O–H groups in total. The quantitative estimate of drug-likeness (QED) is 0.780. The first kappa shape index (κ1) is 14.2. The van der Waals surface area contributed by atoms with Gasteiger partial charge < -0.3 is 5.73 Å². The lowest BCUT2D eigenvalue weighted by atomic mass is 9.76. The molecule has 1 saturated heterocycles. The Hall–Kier alpha value is -0.170. The van der Waals surface area contributed by atoms with Gasteiger partial charge in [0.15, 0.2) is 0 Å². The topological polar surface area (TPSA) is 75.4 Å². The first-order chi connectivity index (χ1) is 8.51. The van der Waals surface area contributed by atoms with Gasteiger partial charge in [0.25, 0.3) is 10.2 Å². The molecule has 0 aromatic rings. The van der Waals surface area contributed by atoms with Crippen LogP contribution in [0.15, 0.2) is 0 Å². The highest BCUT2D eigenvalue weighted by Crippen LogP contribution is 2.35. The minimum atomic E-state index is -3.30. The van der Waals surface area contributed by atoms with E-state index in [0.29, 0.717) is 25.6 Å². The van der Waals surface area contributed by atoms with E-state index >= 15 is 0 Å². The van der Waals surface area contributed by atoms with Crippen LogP contribution < -0.4 is 10.5 Å². The van der Waals surface area contributed by atoms with Crippen LogP contribution in [0.3, 0.4) is 0 Å². The molecule has 0 radical (unpaired) electrons. The molecule has 1 saturated carbocycles. The lowest BCUT2D eigenvalue weighted by Gasteiger charge is -2.43. The largest absolute Gasteiger partial charge is 0.330 e. The fourth-order valence-corrected chi connectivity index (χ4v) is 4.57. The average Bonchev–Trinajstić information content (AvgIpc) is 2.34. The number of nitrogens with zero attached hydrogens (tertiary/aromatic N) is 1. The Kier molecular flexibility index (Phi) is 4.31. The van der Waals surface area contributed by atoms with Crippen molar-refractivity contribution in [3.05, 3.63) is 0 Å². The van der Waals surface area contributed by atoms with Gasteiger partial charge in [-0.25, -0.2) is 0 Å². The van der Waals surface area contributed by atoms with Gasteiger partial charge in [0.1, 0.15) is 0 Å². The number of hydrogen-bond acceptors (Lipinski definition) is 3. The minimum absolute atomic E-state index is 0.163. The van der Waals surface area contributed by atoms with Crippen LogP contribution in [0, 0.1) is 5.92 Å². The summed E-state index contributed by atoms with van der Waals surface area (Å²) < 4.78 is 29.2. The van der Waals surface area contributed by atoms with Crippen molar-refractivity contribution in [2.24, 2.45) is 11.7 Å². The maximum atomic E-state index is 12.3. The zero-order valence-corrected chi connectivity index (χ0v) is 12.0. The van der Waals surface area contributed by atoms with E-state index < -0.39 is 10.2 Å². The molecule has 0 spiro atoms. The number of hydrogen-bond donors (Lipinski definition) is 2. The molecule has 0 bridgehead atoms. The van der Waals surface area contributed by atoms with Crippen molar-refractivity contribution >= 4 is 10.2 Å². The molecule has 2 rings (SSSR count). The van der Waals surface area contributed by atoms with Crippen molar-refractivity contribution in [3.63, 3.8) is 0 Å². The van der Waals surface area contributed by atoms with Crippen LogP contribution in [-0.2, 0) is 10.2 Å². The Morgan fingerprint density at radius 1 is 1.33 bits per heavy atom. The van der Waals surface area contributed by atoms with Crippen molar-refractivity contribution in [2.75, 3.05) is 19.6 Å². The molecule has 2 fully saturated rings. The Morgan fingerprint density at radius 3 is 2.33 bits per heavy atom. The molecule has 5 nitrogen and oxygen atoms in total. The summed E-state index contributed by atoms with van der Waals surface area (Å²) in [6.07, 6.45) is 5.73. The van der Waals surface area contributed by atoms with Crippen molar-refractivity contribution < 1.29 is 8.42 Å². The molecule has 1 aliphatic heterocycles. The fraction of sp³-hybridized carbons (Fsp3) is 1.00. The Bertz CT molecular complexity index is 365. The van der Waals surface area contributed by atoms with Gasteiger partial charge in [-0.2, -0.15) is 17.4 Å². The number of rotatable bonds is 5. The first-order valence-corrected chi connectivity index (χ1v) is 8.44. The van der Waals surface area contributed by atoms with E-state index in [9.17, 15) is 8.42 Å². The summed E-state index contributed by atoms with van der Waals surface area (Å²) in [5.41, 5.74) is 5.46. The van der Waals surface area contributed by atoms with Crippen LogP contribution in [0.4, 0.5) is 0 Å². The standard InChI is InChI=1S/C12H25N3O2S/c1-2-12(6-3-7-12)14-18(16,17)15-8-4-11(10-13)5-9-15/h11,14H,2-10,13H2,1H3. The summed E-state index contributed by atoms with van der Waals surface area (Å²) in [7, 11) is -3.30. The summed E-state index contributed by atoms with van der Waals surface area (Å²) >= 11 is 0. The smallest absolute Gasteiger partial charge is 0.279 e. The minimum Gasteiger partial charge on any atom is -0.330 e. The second-order valence-corrected chi connectivity index (χ2v) is 7.34. The summed E-state index contributed by atoms with van der Waals surface area (Å²) in [4.78, 5) is 0. The van der Waals surface area contributed by atoms with Gasteiger partial charge in [-0.15, -0.1) is 0 Å². The Balaban J connectivity index is 1.95. The number of nitrogens with one attached hydrogen (secondary N) is 1. The summed E-state index contributed by atoms with van der Waals surface area (Å²) in [6, 6.07) is 0. The third-order valence-electron chi connectivity index (χ3n) is 4.58. The van der Waals surface area contributed by atoms with Crippen LogP contribution in [0.2, 0.25) is 0 Å². The molecule has 1 heterocycles. The SMILES string of the molecule is CCC1(NS(=O)(=O)N2CCC(CN)CC2)CCC1. The van der Waals surface area contributed by atoms with Crippen LogP contribution in [0.1, 0.15) is 45.4 Å². The molecule has 0 unspecified atom stereocenters. The number of nitrogens with two attached hydrogens (primary N) is 1. The molecule has 0 aromatic heterocycles. The summed E-state index contributed by atoms with van der Waals surface area (Å²) in [5, 5.41) is 0. The normalized spacial score (nSPS) is 25.9. The van der Waals surface area contributed by atoms with Gasteiger partial charge >= 0.3 is 0 Å². The van der Waals surface area contributed by atoms with Gasteiger partial charge in [0, 0.05) is 18.6 Å². The second kappa shape index (κ2) is 5.45. The van der Waals surface area contributed by atoms with Gasteiger partial charge in [-0.3, -0.25) is 0 Å². The summed E-state index contributed by atoms with van der Waals surface area (Å²) in [6.45, 7) is 3.94. The molecule has 0 aromatic carbocycles. The summed E-state index contributed by atoms with van der Waals surface area (Å²) in [5.74, 6) is 0.486. The highest BCUT2D eigenvalue weighted by atomic mass is 32.2. The molecule has 106 valence electrons. The zero-order chi connectivity index (χ0) is 13.2. The van der Waals surface area contributed by atoms with E-state index in [2.05, 4.69) is 11.6 Å². The van der Waals surface area contributed by atoms with Gasteiger partial charge in [0.05, 0.1) is 0 Å². The second-order valence-electron chi connectivity index (χ2n) is 5.67. The maximum absolute atomic E-state index is 12.3. The predicted molar refractivity (Wildman–Crippen MR) is 72.3 cm³/mol. The van der Waals surface area contributed by atoms with E-state index in [1.807, 2.05) is 0 Å². The first-order valence-electron chi connectivity index (χ1n) is 7.00. The van der Waals surface area contributed by atoms with Gasteiger partial charge in [-0.05, 0) is 51.0 Å². The molecule has 0 atom stereocenters. The lowest BCUT2D eigenvalue weighted by molar-refractivity contribution is 0.202. The molecular weight excluding hydrogens is 250 g/mol. The van der Waals surface area contributed by atoms with E-state index in [4.69, 9.17) is 5.73 Å². The van der Waals surface area contributed by atoms with Crippen LogP contribution in [-0.4, -0.2) is 37.9 Å². The third-order valence-corrected chi connectivity index (χ3v) is 6.32. The van der Waals surface area contributed by atoms with E-state index in [-0.39, 0.29) is 5.54 Å². The van der Waals surface area contributed by atoms with Gasteiger partial charge in [-0.1, -0.05) is 6.92 Å². The molecule has 0 amide bonds. The molecular formula is C12H25N3O2S. The van der Waals surface area contributed by atoms with Crippen molar-refractivity contribution in [1.82, 2.24) is 9.03 Å². The highest BCUT2D eigenvalue weighted by Gasteiger charge is 2.40. The predicted octanol–water partition coefficient (Wildman–Crippen LogP) is 0.824. The maximum Gasteiger partial charge on any atom is 0.279 e. The molecule has 6 heteroatoms. The van der Waals surface area contributed by atoms with E-state index in [1.54, 1.807) is 4.31 Å². The van der Waals surface area contributed by atoms with E-state index in [0.717, 1.165) is 38.5 Å². The lowest BCUT2D eigenvalue weighted by Crippen LogP contribution is -2.57. The van der Waals surface area contributed by atoms with Crippen LogP contribution in [0.25, 0.3) is 0 Å². The van der Waals surface area contributed by atoms with Crippen molar-refractivity contribution in [1.29, 1.82) is 0 Å². The third kappa shape index (κ3) is 2.87. The zero-order valence-electron chi connectivity index (χ0n) is 11.2. The highest BCUT2D eigenvalue weighted by molar-refractivity contribution is 7.87. The molecule has 18 heavy (non-hydrogen) atoms. The van der Waals surface area contributed by atoms with Crippen molar-refractivity contribution in [3.8, 4) is 0 Å². The average molecular weight is 275 g/mol. The van der Waals surface area contributed by atoms with Crippen molar-refractivity contribution in [2.45, 2.75) is 51.0 Å². The fourth-order valence-electron chi connectivity index (χ4n) is 2.85. The Labute approximate surface area is 110 Å². The van der Waals surface area contributed by atoms with Crippen LogP contribution >= 0.6 is 0 Å². The van der Waals surface area contributed by atoms with Gasteiger partial charge in [0.2, 0.25) is 0 Å².